The fourth-order valence-corrected chi connectivity index (χ4v) is 5.35. The van der Waals surface area contributed by atoms with Crippen molar-refractivity contribution in [1.82, 2.24) is 0 Å². The van der Waals surface area contributed by atoms with Gasteiger partial charge in [0.25, 0.3) is 0 Å². The molecule has 2 rings (SSSR count). The second-order valence-electron chi connectivity index (χ2n) is 3.28. The summed E-state index contributed by atoms with van der Waals surface area (Å²) in [5.41, 5.74) is 0. The molecule has 2 fully saturated rings. The number of hydrogen-bond acceptors (Lipinski definition) is 2. The van der Waals surface area contributed by atoms with Crippen LogP contribution in [0.2, 0.25) is 0 Å². The lowest BCUT2D eigenvalue weighted by Gasteiger charge is -2.30. The van der Waals surface area contributed by atoms with Crippen LogP contribution < -0.4 is 0 Å². The quantitative estimate of drug-likeness (QED) is 0.537. The summed E-state index contributed by atoms with van der Waals surface area (Å²) in [6.07, 6.45) is 4.69. The van der Waals surface area contributed by atoms with E-state index in [1.807, 2.05) is 0 Å². The summed E-state index contributed by atoms with van der Waals surface area (Å²) in [6.45, 7) is 0. The molecule has 0 aromatic carbocycles. The van der Waals surface area contributed by atoms with Crippen LogP contribution in [0.5, 0.6) is 0 Å². The molecule has 2 bridgehead atoms. The number of rotatable bonds is 0. The number of halogens is 1. The maximum absolute atomic E-state index is 9.73. The third kappa shape index (κ3) is 1.46. The average Bonchev–Trinajstić information content (AvgIpc) is 2.08. The predicted molar refractivity (Wildman–Crippen MR) is 52.6 cm³/mol. The van der Waals surface area contributed by atoms with Gasteiger partial charge in [0.2, 0.25) is 0 Å². The highest BCUT2D eigenvalue weighted by Gasteiger charge is 2.41. The van der Waals surface area contributed by atoms with E-state index < -0.39 is 0 Å². The largest absolute Gasteiger partial charge is 0.380 e. The van der Waals surface area contributed by atoms with Gasteiger partial charge in [-0.25, -0.2) is 0 Å². The molecule has 0 spiro atoms. The van der Waals surface area contributed by atoms with Crippen LogP contribution in [0.25, 0.3) is 0 Å². The zero-order valence-electron chi connectivity index (χ0n) is 5.72. The van der Waals surface area contributed by atoms with Crippen molar-refractivity contribution in [2.75, 3.05) is 0 Å². The first-order valence-electron chi connectivity index (χ1n) is 3.72. The topological polar surface area (TPSA) is 20.2 Å². The maximum atomic E-state index is 9.73. The highest BCUT2D eigenvalue weighted by Crippen LogP contribution is 2.49. The summed E-state index contributed by atoms with van der Waals surface area (Å²) in [4.78, 5) is 0. The second-order valence-corrected chi connectivity index (χ2v) is 6.90. The summed E-state index contributed by atoms with van der Waals surface area (Å²) in [5, 5.41) is 11.3. The Morgan fingerprint density at radius 1 is 1.30 bits per heavy atom. The first-order valence-corrected chi connectivity index (χ1v) is 5.75. The van der Waals surface area contributed by atoms with Crippen LogP contribution in [0, 0.1) is 0 Å². The molecular weight excluding hydrogens is 259 g/mol. The first kappa shape index (κ1) is 7.68. The molecule has 2 saturated heterocycles. The van der Waals surface area contributed by atoms with Crippen LogP contribution in [0.1, 0.15) is 25.7 Å². The Hall–Kier alpha value is 1.04. The molecule has 10 heavy (non-hydrogen) atoms. The number of fused-ring (bicyclic) bond motifs is 2. The fourth-order valence-electron chi connectivity index (χ4n) is 1.86. The zero-order chi connectivity index (χ0) is 7.19. The van der Waals surface area contributed by atoms with Gasteiger partial charge in [-0.15, -0.1) is 0 Å². The van der Waals surface area contributed by atoms with Gasteiger partial charge in [0.15, 0.2) is 0 Å². The van der Waals surface area contributed by atoms with Crippen molar-refractivity contribution < 1.29 is 5.11 Å². The second kappa shape index (κ2) is 2.52. The van der Waals surface area contributed by atoms with Crippen LogP contribution in [0.4, 0.5) is 0 Å². The highest BCUT2D eigenvalue weighted by atomic mass is 127. The molecule has 0 amide bonds. The van der Waals surface area contributed by atoms with Gasteiger partial charge in [0, 0.05) is 10.5 Å². The summed E-state index contributed by atoms with van der Waals surface area (Å²) < 4.78 is -0.366. The molecule has 0 aliphatic carbocycles. The highest BCUT2D eigenvalue weighted by molar-refractivity contribution is 14.1. The Morgan fingerprint density at radius 2 is 1.80 bits per heavy atom. The van der Waals surface area contributed by atoms with Gasteiger partial charge in [0.1, 0.15) is 3.61 Å². The van der Waals surface area contributed by atoms with E-state index in [9.17, 15) is 5.11 Å². The van der Waals surface area contributed by atoms with Crippen LogP contribution in [-0.2, 0) is 0 Å². The van der Waals surface area contributed by atoms with E-state index in [0.29, 0.717) is 0 Å². The minimum Gasteiger partial charge on any atom is -0.380 e. The van der Waals surface area contributed by atoms with Crippen molar-refractivity contribution in [3.8, 4) is 0 Å². The predicted octanol–water partition coefficient (Wildman–Crippen LogP) is 2.17. The number of aliphatic hydroxyl groups is 1. The van der Waals surface area contributed by atoms with Crippen LogP contribution in [-0.4, -0.2) is 19.2 Å². The Bertz CT molecular complexity index is 135. The zero-order valence-corrected chi connectivity index (χ0v) is 8.69. The smallest absolute Gasteiger partial charge is 0.117 e. The van der Waals surface area contributed by atoms with E-state index >= 15 is 0 Å². The minimum absolute atomic E-state index is 0.366. The average molecular weight is 270 g/mol. The minimum atomic E-state index is -0.366. The number of alkyl halides is 1. The fraction of sp³-hybridized carbons (Fsp3) is 1.00. The number of thioether (sulfide) groups is 1. The lowest BCUT2D eigenvalue weighted by molar-refractivity contribution is 0.137. The Labute approximate surface area is 79.1 Å². The van der Waals surface area contributed by atoms with Gasteiger partial charge in [-0.3, -0.25) is 0 Å². The summed E-state index contributed by atoms with van der Waals surface area (Å²) in [6, 6.07) is 0. The van der Waals surface area contributed by atoms with Crippen molar-refractivity contribution in [1.29, 1.82) is 0 Å². The third-order valence-electron chi connectivity index (χ3n) is 2.28. The first-order chi connectivity index (χ1) is 4.66. The van der Waals surface area contributed by atoms with Gasteiger partial charge in [-0.2, -0.15) is 11.8 Å². The van der Waals surface area contributed by atoms with E-state index in [-0.39, 0.29) is 3.61 Å². The van der Waals surface area contributed by atoms with E-state index in [4.69, 9.17) is 0 Å². The molecule has 0 saturated carbocycles. The van der Waals surface area contributed by atoms with E-state index in [0.717, 1.165) is 23.3 Å². The Kier molecular flexibility index (Phi) is 1.94. The van der Waals surface area contributed by atoms with Gasteiger partial charge in [0.05, 0.1) is 0 Å². The summed E-state index contributed by atoms with van der Waals surface area (Å²) >= 11 is 4.29. The molecule has 2 aliphatic rings. The van der Waals surface area contributed by atoms with Gasteiger partial charge in [-0.05, 0) is 48.3 Å². The SMILES string of the molecule is OC1(I)CC2CCC(C1)S2. The normalized spacial score (nSPS) is 53.4. The maximum Gasteiger partial charge on any atom is 0.117 e. The van der Waals surface area contributed by atoms with E-state index in [1.165, 1.54) is 12.8 Å². The van der Waals surface area contributed by atoms with Crippen LogP contribution in [0.3, 0.4) is 0 Å². The van der Waals surface area contributed by atoms with Crippen LogP contribution >= 0.6 is 34.4 Å². The van der Waals surface area contributed by atoms with Crippen molar-refractivity contribution in [3.05, 3.63) is 0 Å². The summed E-state index contributed by atoms with van der Waals surface area (Å²) in [7, 11) is 0. The van der Waals surface area contributed by atoms with Crippen molar-refractivity contribution >= 4 is 34.4 Å². The Morgan fingerprint density at radius 3 is 2.30 bits per heavy atom. The van der Waals surface area contributed by atoms with Crippen molar-refractivity contribution in [2.24, 2.45) is 0 Å². The standard InChI is InChI=1S/C7H11IOS/c8-7(9)3-5-1-2-6(4-7)10-5/h5-6,9H,1-4H2. The molecule has 2 atom stereocenters. The molecule has 2 aliphatic heterocycles. The molecule has 2 unspecified atom stereocenters. The third-order valence-corrected chi connectivity index (χ3v) is 4.73. The lowest BCUT2D eigenvalue weighted by Crippen LogP contribution is -2.30. The molecule has 2 heterocycles. The van der Waals surface area contributed by atoms with E-state index in [2.05, 4.69) is 34.4 Å². The molecule has 3 heteroatoms. The lowest BCUT2D eigenvalue weighted by atomic mass is 10.1. The molecule has 1 nitrogen and oxygen atoms in total. The molecule has 0 aromatic rings. The van der Waals surface area contributed by atoms with Gasteiger partial charge in [-0.1, -0.05) is 0 Å². The molecular formula is C7H11IOS. The van der Waals surface area contributed by atoms with Crippen LogP contribution in [0.15, 0.2) is 0 Å². The van der Waals surface area contributed by atoms with E-state index in [1.54, 1.807) is 0 Å². The van der Waals surface area contributed by atoms with Crippen molar-refractivity contribution in [3.63, 3.8) is 0 Å². The van der Waals surface area contributed by atoms with Gasteiger partial charge < -0.3 is 5.11 Å². The van der Waals surface area contributed by atoms with Crippen molar-refractivity contribution in [2.45, 2.75) is 39.8 Å². The molecule has 58 valence electrons. The Balaban J connectivity index is 2.09. The monoisotopic (exact) mass is 270 g/mol. The molecule has 0 aromatic heterocycles. The van der Waals surface area contributed by atoms with Gasteiger partial charge >= 0.3 is 0 Å². The molecule has 0 radical (unpaired) electrons. The molecule has 1 N–H and O–H groups in total. The summed E-state index contributed by atoms with van der Waals surface area (Å²) in [5.74, 6) is 0. The number of hydrogen-bond donors (Lipinski definition) is 1.